The summed E-state index contributed by atoms with van der Waals surface area (Å²) >= 11 is 4.43. The molecule has 4 aromatic carbocycles. The van der Waals surface area contributed by atoms with Crippen molar-refractivity contribution in [1.82, 2.24) is 9.80 Å². The molecule has 0 unspecified atom stereocenters. The number of rotatable bonds is 8. The lowest BCUT2D eigenvalue weighted by atomic mass is 10.00. The highest BCUT2D eigenvalue weighted by atomic mass is 79.9. The van der Waals surface area contributed by atoms with E-state index >= 15 is 0 Å². The first-order chi connectivity index (χ1) is 20.9. The number of halogens is 1. The second-order valence-electron chi connectivity index (χ2n) is 10.3. The van der Waals surface area contributed by atoms with Crippen LogP contribution in [0.15, 0.2) is 88.2 Å². The highest BCUT2D eigenvalue weighted by Crippen LogP contribution is 2.39. The van der Waals surface area contributed by atoms with Gasteiger partial charge in [-0.05, 0) is 76.3 Å². The van der Waals surface area contributed by atoms with E-state index in [4.69, 9.17) is 9.47 Å². The normalized spacial score (nSPS) is 15.7. The molecule has 9 heteroatoms. The number of benzene rings is 4. The molecule has 218 valence electrons. The number of nitrogens with zero attached hydrogens (tertiary/aromatic N) is 2. The number of carbonyl (C=O) groups excluding carboxylic acids is 3. The Bertz CT molecular complexity index is 1770. The van der Waals surface area contributed by atoms with Crippen molar-refractivity contribution < 1.29 is 23.9 Å². The number of carbonyl (C=O) groups is 3. The summed E-state index contributed by atoms with van der Waals surface area (Å²) in [6, 6.07) is 25.9. The molecule has 0 saturated carbocycles. The van der Waals surface area contributed by atoms with Crippen molar-refractivity contribution in [1.29, 1.82) is 0 Å². The molecular weight excluding hydrogens is 628 g/mol. The van der Waals surface area contributed by atoms with Gasteiger partial charge in [0, 0.05) is 17.6 Å². The molecule has 0 radical (unpaired) electrons. The molecule has 3 amide bonds. The van der Waals surface area contributed by atoms with Crippen molar-refractivity contribution in [2.24, 2.45) is 0 Å². The van der Waals surface area contributed by atoms with E-state index in [1.807, 2.05) is 55.5 Å². The van der Waals surface area contributed by atoms with E-state index in [-0.39, 0.29) is 17.4 Å². The summed E-state index contributed by atoms with van der Waals surface area (Å²) in [4.78, 5) is 42.1. The number of imide groups is 1. The molecule has 1 saturated heterocycles. The van der Waals surface area contributed by atoms with Crippen LogP contribution < -0.4 is 9.47 Å². The minimum atomic E-state index is -0.484. The van der Waals surface area contributed by atoms with E-state index in [0.29, 0.717) is 47.8 Å². The van der Waals surface area contributed by atoms with Crippen molar-refractivity contribution >= 4 is 61.6 Å². The van der Waals surface area contributed by atoms with Crippen molar-refractivity contribution in [3.8, 4) is 11.5 Å². The molecular formula is C34H29BrN2O5S. The molecule has 0 atom stereocenters. The maximum atomic E-state index is 13.3. The van der Waals surface area contributed by atoms with Gasteiger partial charge in [-0.1, -0.05) is 82.7 Å². The van der Waals surface area contributed by atoms with Gasteiger partial charge in [0.25, 0.3) is 11.1 Å². The van der Waals surface area contributed by atoms with E-state index in [2.05, 4.69) is 40.2 Å². The number of hydrogen-bond acceptors (Lipinski definition) is 6. The lowest BCUT2D eigenvalue weighted by Crippen LogP contribution is -2.44. The lowest BCUT2D eigenvalue weighted by Gasteiger charge is -2.29. The van der Waals surface area contributed by atoms with Crippen LogP contribution in [0.5, 0.6) is 11.5 Å². The third-order valence-corrected chi connectivity index (χ3v) is 9.16. The SMILES string of the molecule is CCOc1cc(/C=C2\SC(=O)N(CC(=O)N3CCc4ccccc4C3)C2=O)c(Br)cc1OCc1cccc2ccccc12. The van der Waals surface area contributed by atoms with Gasteiger partial charge in [-0.3, -0.25) is 19.3 Å². The van der Waals surface area contributed by atoms with Crippen molar-refractivity contribution in [2.45, 2.75) is 26.5 Å². The molecule has 43 heavy (non-hydrogen) atoms. The average Bonchev–Trinajstić information content (AvgIpc) is 3.28. The van der Waals surface area contributed by atoms with Gasteiger partial charge in [0.1, 0.15) is 13.2 Å². The molecule has 0 N–H and O–H groups in total. The van der Waals surface area contributed by atoms with Crippen LogP contribution in [0.3, 0.4) is 0 Å². The number of amides is 3. The van der Waals surface area contributed by atoms with E-state index < -0.39 is 11.1 Å². The zero-order chi connectivity index (χ0) is 29.9. The molecule has 0 aliphatic carbocycles. The Morgan fingerprint density at radius 2 is 1.70 bits per heavy atom. The van der Waals surface area contributed by atoms with Crippen LogP contribution >= 0.6 is 27.7 Å². The molecule has 6 rings (SSSR count). The Morgan fingerprint density at radius 1 is 0.953 bits per heavy atom. The molecule has 0 spiro atoms. The van der Waals surface area contributed by atoms with Crippen LogP contribution in [-0.4, -0.2) is 46.5 Å². The Hall–Kier alpha value is -4.08. The van der Waals surface area contributed by atoms with Crippen molar-refractivity contribution in [2.75, 3.05) is 19.7 Å². The zero-order valence-electron chi connectivity index (χ0n) is 23.5. The van der Waals surface area contributed by atoms with Gasteiger partial charge >= 0.3 is 0 Å². The highest BCUT2D eigenvalue weighted by Gasteiger charge is 2.37. The highest BCUT2D eigenvalue weighted by molar-refractivity contribution is 9.10. The third kappa shape index (κ3) is 6.19. The summed E-state index contributed by atoms with van der Waals surface area (Å²) in [5.41, 5.74) is 4.03. The standard InChI is InChI=1S/C34H29BrN2O5S/c1-2-41-29-16-26(28(35)18-30(29)42-21-25-12-7-11-23-9-5-6-13-27(23)25)17-31-33(39)37(34(40)43-31)20-32(38)36-15-14-22-8-3-4-10-24(22)19-36/h3-13,16-18H,2,14-15,19-21H2,1H3/b31-17-. The summed E-state index contributed by atoms with van der Waals surface area (Å²) in [5.74, 6) is 0.352. The molecule has 1 fully saturated rings. The minimum Gasteiger partial charge on any atom is -0.490 e. The molecule has 7 nitrogen and oxygen atoms in total. The fourth-order valence-electron chi connectivity index (χ4n) is 5.34. The minimum absolute atomic E-state index is 0.245. The van der Waals surface area contributed by atoms with Crippen LogP contribution in [0.1, 0.15) is 29.2 Å². The lowest BCUT2D eigenvalue weighted by molar-refractivity contribution is -0.136. The van der Waals surface area contributed by atoms with Crippen LogP contribution in [0.4, 0.5) is 4.79 Å². The first kappa shape index (κ1) is 29.0. The topological polar surface area (TPSA) is 76.2 Å². The molecule has 2 aliphatic heterocycles. The summed E-state index contributed by atoms with van der Waals surface area (Å²) in [6.45, 7) is 3.41. The number of ether oxygens (including phenoxy) is 2. The quantitative estimate of drug-likeness (QED) is 0.187. The van der Waals surface area contributed by atoms with Gasteiger partial charge in [0.15, 0.2) is 11.5 Å². The third-order valence-electron chi connectivity index (χ3n) is 7.56. The molecule has 2 heterocycles. The monoisotopic (exact) mass is 656 g/mol. The Kier molecular flexibility index (Phi) is 8.54. The first-order valence-corrected chi connectivity index (χ1v) is 15.7. The summed E-state index contributed by atoms with van der Waals surface area (Å²) < 4.78 is 12.8. The summed E-state index contributed by atoms with van der Waals surface area (Å²) in [7, 11) is 0. The Morgan fingerprint density at radius 3 is 2.53 bits per heavy atom. The Balaban J connectivity index is 1.17. The van der Waals surface area contributed by atoms with Gasteiger partial charge in [0.2, 0.25) is 5.91 Å². The predicted octanol–water partition coefficient (Wildman–Crippen LogP) is 7.20. The predicted molar refractivity (Wildman–Crippen MR) is 172 cm³/mol. The smallest absolute Gasteiger partial charge is 0.294 e. The fraction of sp³-hybridized carbons (Fsp3) is 0.206. The van der Waals surface area contributed by atoms with E-state index in [1.54, 1.807) is 17.0 Å². The van der Waals surface area contributed by atoms with Crippen LogP contribution in [0.2, 0.25) is 0 Å². The van der Waals surface area contributed by atoms with Gasteiger partial charge in [-0.15, -0.1) is 0 Å². The van der Waals surface area contributed by atoms with E-state index in [0.717, 1.165) is 45.0 Å². The Labute approximate surface area is 262 Å². The maximum Gasteiger partial charge on any atom is 0.294 e. The van der Waals surface area contributed by atoms with E-state index in [1.165, 1.54) is 5.56 Å². The molecule has 4 aromatic rings. The van der Waals surface area contributed by atoms with Gasteiger partial charge < -0.3 is 14.4 Å². The van der Waals surface area contributed by atoms with Crippen LogP contribution in [0.25, 0.3) is 16.8 Å². The maximum absolute atomic E-state index is 13.3. The fourth-order valence-corrected chi connectivity index (χ4v) is 6.60. The number of hydrogen-bond donors (Lipinski definition) is 0. The van der Waals surface area contributed by atoms with Crippen molar-refractivity contribution in [3.05, 3.63) is 110 Å². The van der Waals surface area contributed by atoms with E-state index in [9.17, 15) is 14.4 Å². The van der Waals surface area contributed by atoms with Crippen molar-refractivity contribution in [3.63, 3.8) is 0 Å². The molecule has 0 bridgehead atoms. The van der Waals surface area contributed by atoms with Gasteiger partial charge in [-0.25, -0.2) is 0 Å². The number of fused-ring (bicyclic) bond motifs is 2. The summed E-state index contributed by atoms with van der Waals surface area (Å²) in [6.07, 6.45) is 2.40. The molecule has 0 aromatic heterocycles. The largest absolute Gasteiger partial charge is 0.490 e. The first-order valence-electron chi connectivity index (χ1n) is 14.1. The number of thioether (sulfide) groups is 1. The second-order valence-corrected chi connectivity index (χ2v) is 12.1. The zero-order valence-corrected chi connectivity index (χ0v) is 25.9. The summed E-state index contributed by atoms with van der Waals surface area (Å²) in [5, 5.41) is 1.80. The van der Waals surface area contributed by atoms with Gasteiger partial charge in [-0.2, -0.15) is 0 Å². The molecule has 2 aliphatic rings. The van der Waals surface area contributed by atoms with Gasteiger partial charge in [0.05, 0.1) is 11.5 Å². The average molecular weight is 658 g/mol. The van der Waals surface area contributed by atoms with Crippen LogP contribution in [-0.2, 0) is 29.2 Å². The second kappa shape index (κ2) is 12.7. The van der Waals surface area contributed by atoms with Crippen LogP contribution in [0, 0.1) is 0 Å².